The van der Waals surface area contributed by atoms with Crippen molar-refractivity contribution in [2.45, 2.75) is 70.9 Å². The minimum Gasteiger partial charge on any atom is -0.480 e. The number of aliphatic carboxylic acids is 1. The topological polar surface area (TPSA) is 73.6 Å². The Bertz CT molecular complexity index is 1370. The van der Waals surface area contributed by atoms with Crippen molar-refractivity contribution in [3.8, 4) is 0 Å². The quantitative estimate of drug-likeness (QED) is 0.267. The molecule has 2 aromatic carbocycles. The molecule has 0 bridgehead atoms. The van der Waals surface area contributed by atoms with Gasteiger partial charge in [-0.1, -0.05) is 44.5 Å². The van der Waals surface area contributed by atoms with E-state index in [4.69, 9.17) is 5.10 Å². The smallest absolute Gasteiger partial charge is 0.321 e. The van der Waals surface area contributed by atoms with Gasteiger partial charge in [-0.2, -0.15) is 5.10 Å². The monoisotopic (exact) mass is 589 g/mol. The number of likely N-dealkylation sites (tertiary alicyclic amines) is 2. The average Bonchev–Trinajstić information content (AvgIpc) is 3.61. The first-order valence-electron chi connectivity index (χ1n) is 16.1. The molecule has 1 aromatic heterocycles. The van der Waals surface area contributed by atoms with Crippen molar-refractivity contribution in [3.63, 3.8) is 0 Å². The molecule has 3 heterocycles. The Morgan fingerprint density at radius 3 is 2.53 bits per heavy atom. The van der Waals surface area contributed by atoms with Gasteiger partial charge in [-0.15, -0.1) is 0 Å². The number of piperidine rings is 1. The predicted molar refractivity (Wildman–Crippen MR) is 170 cm³/mol. The highest BCUT2D eigenvalue weighted by Crippen LogP contribution is 2.38. The maximum atomic E-state index is 14.3. The van der Waals surface area contributed by atoms with Crippen LogP contribution in [0.3, 0.4) is 0 Å². The fourth-order valence-electron chi connectivity index (χ4n) is 7.36. The molecule has 2 N–H and O–H groups in total. The molecule has 0 aliphatic carbocycles. The Hall–Kier alpha value is -3.23. The molecule has 2 aliphatic rings. The maximum Gasteiger partial charge on any atom is 0.321 e. The van der Waals surface area contributed by atoms with E-state index in [9.17, 15) is 14.3 Å². The Labute approximate surface area is 256 Å². The van der Waals surface area contributed by atoms with E-state index < -0.39 is 12.0 Å². The highest BCUT2D eigenvalue weighted by Gasteiger charge is 2.42. The number of nitrogens with one attached hydrogen (secondary N) is 1. The number of carbonyl (C=O) groups is 1. The summed E-state index contributed by atoms with van der Waals surface area (Å²) in [5.74, 6) is -0.0813. The number of rotatable bonds is 12. The molecule has 8 heteroatoms. The summed E-state index contributed by atoms with van der Waals surface area (Å²) in [6.45, 7) is 11.4. The fraction of sp³-hybridized carbons (Fsp3) is 0.543. The number of aryl methyl sites for hydroxylation is 1. The highest BCUT2D eigenvalue weighted by molar-refractivity contribution is 5.74. The molecule has 2 fully saturated rings. The van der Waals surface area contributed by atoms with Crippen LogP contribution < -0.4 is 5.32 Å². The molecule has 0 unspecified atom stereocenters. The van der Waals surface area contributed by atoms with Crippen molar-refractivity contribution >= 4 is 11.7 Å². The highest BCUT2D eigenvalue weighted by atomic mass is 19.1. The van der Waals surface area contributed by atoms with E-state index in [2.05, 4.69) is 64.0 Å². The first-order chi connectivity index (χ1) is 20.8. The van der Waals surface area contributed by atoms with Crippen LogP contribution in [0, 0.1) is 17.7 Å². The summed E-state index contributed by atoms with van der Waals surface area (Å²) in [7, 11) is 1.94. The number of anilines is 1. The second-order valence-electron chi connectivity index (χ2n) is 12.6. The number of halogens is 1. The molecule has 3 aromatic rings. The predicted octanol–water partition coefficient (Wildman–Crippen LogP) is 6.07. The summed E-state index contributed by atoms with van der Waals surface area (Å²) in [5, 5.41) is 18.3. The van der Waals surface area contributed by atoms with Crippen LogP contribution in [0.1, 0.15) is 74.4 Å². The normalized spacial score (nSPS) is 21.6. The van der Waals surface area contributed by atoms with Crippen molar-refractivity contribution < 1.29 is 14.3 Å². The Morgan fingerprint density at radius 2 is 1.86 bits per heavy atom. The van der Waals surface area contributed by atoms with Crippen LogP contribution in [0.4, 0.5) is 10.1 Å². The molecule has 4 atom stereocenters. The summed E-state index contributed by atoms with van der Waals surface area (Å²) in [5.41, 5.74) is 5.81. The molecule has 0 spiro atoms. The van der Waals surface area contributed by atoms with Crippen LogP contribution in [-0.2, 0) is 17.8 Å². The SMILES string of the molecule is CC[C@H](C)[C@H](C(=O)O)N1C[C@H](CN2CCC(c3cc(Cc4cccc(NC)c4)nn3CC)CC2)[C@@H](c2cccc(F)c2)C1. The Kier molecular flexibility index (Phi) is 10.2. The second-order valence-corrected chi connectivity index (χ2v) is 12.6. The molecule has 0 saturated carbocycles. The maximum absolute atomic E-state index is 14.3. The number of carboxylic acids is 1. The summed E-state index contributed by atoms with van der Waals surface area (Å²) in [4.78, 5) is 17.0. The summed E-state index contributed by atoms with van der Waals surface area (Å²) < 4.78 is 16.5. The van der Waals surface area contributed by atoms with Gasteiger partial charge in [0.15, 0.2) is 0 Å². The van der Waals surface area contributed by atoms with E-state index in [1.807, 2.05) is 20.0 Å². The van der Waals surface area contributed by atoms with Crippen molar-refractivity contribution in [2.75, 3.05) is 45.1 Å². The Balaban J connectivity index is 1.26. The average molecular weight is 590 g/mol. The van der Waals surface area contributed by atoms with Gasteiger partial charge in [-0.3, -0.25) is 14.4 Å². The van der Waals surface area contributed by atoms with Gasteiger partial charge in [0.05, 0.1) is 5.69 Å². The van der Waals surface area contributed by atoms with Gasteiger partial charge in [0, 0.05) is 62.9 Å². The van der Waals surface area contributed by atoms with Crippen LogP contribution in [0.25, 0.3) is 0 Å². The molecule has 0 radical (unpaired) electrons. The molecular weight excluding hydrogens is 541 g/mol. The molecule has 2 saturated heterocycles. The number of nitrogens with zero attached hydrogens (tertiary/aromatic N) is 4. The molecule has 5 rings (SSSR count). The van der Waals surface area contributed by atoms with Crippen molar-refractivity contribution in [1.29, 1.82) is 0 Å². The van der Waals surface area contributed by atoms with Crippen LogP contribution >= 0.6 is 0 Å². The van der Waals surface area contributed by atoms with Gasteiger partial charge in [-0.25, -0.2) is 4.39 Å². The lowest BCUT2D eigenvalue weighted by atomic mass is 9.87. The third kappa shape index (κ3) is 7.29. The van der Waals surface area contributed by atoms with Crippen LogP contribution in [0.5, 0.6) is 0 Å². The first kappa shape index (κ1) is 31.2. The van der Waals surface area contributed by atoms with E-state index >= 15 is 0 Å². The van der Waals surface area contributed by atoms with Gasteiger partial charge in [0.25, 0.3) is 0 Å². The van der Waals surface area contributed by atoms with Gasteiger partial charge in [-0.05, 0) is 86.1 Å². The zero-order chi connectivity index (χ0) is 30.5. The lowest BCUT2D eigenvalue weighted by Crippen LogP contribution is -2.45. The number of carboxylic acid groups (broad SMARTS) is 1. The minimum atomic E-state index is -0.754. The van der Waals surface area contributed by atoms with Crippen molar-refractivity contribution in [1.82, 2.24) is 19.6 Å². The van der Waals surface area contributed by atoms with Crippen LogP contribution in [-0.4, -0.2) is 76.5 Å². The van der Waals surface area contributed by atoms with Crippen LogP contribution in [0.15, 0.2) is 54.6 Å². The third-order valence-corrected chi connectivity index (χ3v) is 9.84. The number of hydrogen-bond acceptors (Lipinski definition) is 5. The van der Waals surface area contributed by atoms with Gasteiger partial charge >= 0.3 is 5.97 Å². The summed E-state index contributed by atoms with van der Waals surface area (Å²) in [6.07, 6.45) is 3.79. The van der Waals surface area contributed by atoms with E-state index in [1.54, 1.807) is 12.1 Å². The minimum absolute atomic E-state index is 0.0562. The van der Waals surface area contributed by atoms with E-state index in [0.29, 0.717) is 12.5 Å². The molecule has 43 heavy (non-hydrogen) atoms. The zero-order valence-corrected chi connectivity index (χ0v) is 26.2. The number of hydrogen-bond donors (Lipinski definition) is 2. The van der Waals surface area contributed by atoms with E-state index in [1.165, 1.54) is 17.3 Å². The molecule has 7 nitrogen and oxygen atoms in total. The van der Waals surface area contributed by atoms with Crippen molar-refractivity contribution in [3.05, 3.63) is 82.9 Å². The zero-order valence-electron chi connectivity index (χ0n) is 26.2. The number of benzene rings is 2. The standard InChI is InChI=1S/C35H48FN5O2/c1-5-24(3)34(35(42)43)40-22-28(32(23-40)27-10-8-11-29(36)19-27)21-39-15-13-26(14-16-39)33-20-31(38-41(33)6-2)18-25-9-7-12-30(17-25)37-4/h7-12,17,19-20,24,26,28,32,34,37H,5-6,13-16,18,21-23H2,1-4H3,(H,42,43)/t24-,28-,32+,34+/m0/s1. The van der Waals surface area contributed by atoms with Gasteiger partial charge in [0.2, 0.25) is 0 Å². The molecule has 2 aliphatic heterocycles. The van der Waals surface area contributed by atoms with Gasteiger partial charge < -0.3 is 15.3 Å². The van der Waals surface area contributed by atoms with E-state index in [0.717, 1.165) is 75.4 Å². The Morgan fingerprint density at radius 1 is 1.09 bits per heavy atom. The van der Waals surface area contributed by atoms with Gasteiger partial charge in [0.1, 0.15) is 11.9 Å². The van der Waals surface area contributed by atoms with Crippen LogP contribution in [0.2, 0.25) is 0 Å². The second kappa shape index (κ2) is 14.0. The summed E-state index contributed by atoms with van der Waals surface area (Å²) in [6, 6.07) is 17.2. The largest absolute Gasteiger partial charge is 0.480 e. The first-order valence-corrected chi connectivity index (χ1v) is 16.1. The summed E-state index contributed by atoms with van der Waals surface area (Å²) >= 11 is 0. The molecular formula is C35H48FN5O2. The fourth-order valence-corrected chi connectivity index (χ4v) is 7.36. The lowest BCUT2D eigenvalue weighted by Gasteiger charge is -2.35. The number of aromatic nitrogens is 2. The molecule has 232 valence electrons. The van der Waals surface area contributed by atoms with Crippen molar-refractivity contribution in [2.24, 2.45) is 11.8 Å². The van der Waals surface area contributed by atoms with E-state index in [-0.39, 0.29) is 23.6 Å². The third-order valence-electron chi connectivity index (χ3n) is 9.84. The lowest BCUT2D eigenvalue weighted by molar-refractivity contribution is -0.145. The molecule has 0 amide bonds.